The van der Waals surface area contributed by atoms with Crippen LogP contribution in [0.25, 0.3) is 0 Å². The van der Waals surface area contributed by atoms with E-state index in [2.05, 4.69) is 9.99 Å². The SMILES string of the molecule is CON=CCCc1c(S(C)(=O)=O)ccc(C(=O)O)c1C. The fourth-order valence-electron chi connectivity index (χ4n) is 1.96. The van der Waals surface area contributed by atoms with Gasteiger partial charge >= 0.3 is 5.97 Å². The van der Waals surface area contributed by atoms with Crippen molar-refractivity contribution in [2.24, 2.45) is 5.16 Å². The number of carbonyl (C=O) groups is 1. The molecule has 1 rings (SSSR count). The van der Waals surface area contributed by atoms with Gasteiger partial charge in [-0.05, 0) is 43.0 Å². The molecule has 0 bridgehead atoms. The summed E-state index contributed by atoms with van der Waals surface area (Å²) in [6.07, 6.45) is 3.45. The highest BCUT2D eigenvalue weighted by molar-refractivity contribution is 7.90. The first-order chi connectivity index (χ1) is 9.29. The third kappa shape index (κ3) is 3.80. The van der Waals surface area contributed by atoms with Crippen LogP contribution in [-0.4, -0.2) is 39.1 Å². The lowest BCUT2D eigenvalue weighted by atomic mass is 9.99. The van der Waals surface area contributed by atoms with Crippen LogP contribution in [0.4, 0.5) is 0 Å². The topological polar surface area (TPSA) is 93.0 Å². The molecule has 0 heterocycles. The van der Waals surface area contributed by atoms with Gasteiger partial charge in [-0.25, -0.2) is 13.2 Å². The molecule has 110 valence electrons. The lowest BCUT2D eigenvalue weighted by molar-refractivity contribution is 0.0696. The van der Waals surface area contributed by atoms with Crippen LogP contribution in [0.5, 0.6) is 0 Å². The van der Waals surface area contributed by atoms with Crippen molar-refractivity contribution in [2.75, 3.05) is 13.4 Å². The van der Waals surface area contributed by atoms with E-state index in [1.807, 2.05) is 0 Å². The van der Waals surface area contributed by atoms with Crippen molar-refractivity contribution in [3.63, 3.8) is 0 Å². The molecule has 0 aliphatic heterocycles. The van der Waals surface area contributed by atoms with Gasteiger partial charge in [-0.15, -0.1) is 0 Å². The number of aromatic carboxylic acids is 1. The van der Waals surface area contributed by atoms with Crippen molar-refractivity contribution < 1.29 is 23.2 Å². The second-order valence-electron chi connectivity index (χ2n) is 4.30. The minimum absolute atomic E-state index is 0.107. The molecule has 0 saturated carbocycles. The molecule has 0 radical (unpaired) electrons. The predicted octanol–water partition coefficient (Wildman–Crippen LogP) is 1.66. The van der Waals surface area contributed by atoms with E-state index in [0.29, 0.717) is 24.0 Å². The summed E-state index contributed by atoms with van der Waals surface area (Å²) >= 11 is 0. The lowest BCUT2D eigenvalue weighted by Gasteiger charge is -2.12. The molecular weight excluding hydrogens is 282 g/mol. The fourth-order valence-corrected chi connectivity index (χ4v) is 2.98. The number of hydrogen-bond acceptors (Lipinski definition) is 5. The highest BCUT2D eigenvalue weighted by atomic mass is 32.2. The van der Waals surface area contributed by atoms with E-state index in [9.17, 15) is 13.2 Å². The largest absolute Gasteiger partial charge is 0.478 e. The van der Waals surface area contributed by atoms with E-state index in [1.165, 1.54) is 25.5 Å². The second kappa shape index (κ2) is 6.51. The molecule has 0 aromatic heterocycles. The van der Waals surface area contributed by atoms with Crippen molar-refractivity contribution >= 4 is 22.0 Å². The Kier molecular flexibility index (Phi) is 5.26. The summed E-state index contributed by atoms with van der Waals surface area (Å²) in [5.74, 6) is -1.07. The Bertz CT molecular complexity index is 634. The van der Waals surface area contributed by atoms with Gasteiger partial charge in [0, 0.05) is 12.5 Å². The minimum atomic E-state index is -3.41. The van der Waals surface area contributed by atoms with E-state index in [1.54, 1.807) is 6.92 Å². The first-order valence-electron chi connectivity index (χ1n) is 5.89. The number of carboxylic acids is 1. The number of carboxylic acid groups (broad SMARTS) is 1. The molecule has 1 N–H and O–H groups in total. The molecule has 20 heavy (non-hydrogen) atoms. The molecule has 0 saturated heterocycles. The fraction of sp³-hybridized carbons (Fsp3) is 0.385. The molecule has 0 spiro atoms. The lowest BCUT2D eigenvalue weighted by Crippen LogP contribution is -2.09. The van der Waals surface area contributed by atoms with Crippen LogP contribution in [-0.2, 0) is 21.1 Å². The van der Waals surface area contributed by atoms with Crippen molar-refractivity contribution in [1.29, 1.82) is 0 Å². The summed E-state index contributed by atoms with van der Waals surface area (Å²) in [6, 6.07) is 2.66. The third-order valence-electron chi connectivity index (χ3n) is 2.89. The molecule has 0 amide bonds. The van der Waals surface area contributed by atoms with E-state index in [4.69, 9.17) is 5.11 Å². The maximum atomic E-state index is 11.8. The summed E-state index contributed by atoms with van der Waals surface area (Å²) in [5.41, 5.74) is 1.08. The summed E-state index contributed by atoms with van der Waals surface area (Å²) < 4.78 is 23.5. The average molecular weight is 299 g/mol. The number of oxime groups is 1. The van der Waals surface area contributed by atoms with E-state index < -0.39 is 15.8 Å². The zero-order chi connectivity index (χ0) is 15.3. The Morgan fingerprint density at radius 1 is 1.45 bits per heavy atom. The molecule has 7 heteroatoms. The van der Waals surface area contributed by atoms with Gasteiger partial charge in [0.15, 0.2) is 9.84 Å². The number of benzene rings is 1. The molecule has 0 fully saturated rings. The molecule has 0 unspecified atom stereocenters. The zero-order valence-corrected chi connectivity index (χ0v) is 12.4. The average Bonchev–Trinajstić information content (AvgIpc) is 2.34. The Labute approximate surface area is 118 Å². The Balaban J connectivity index is 3.30. The van der Waals surface area contributed by atoms with Crippen LogP contribution < -0.4 is 0 Å². The third-order valence-corrected chi connectivity index (χ3v) is 4.07. The molecule has 0 aliphatic rings. The van der Waals surface area contributed by atoms with Gasteiger partial charge in [-0.1, -0.05) is 5.16 Å². The predicted molar refractivity (Wildman–Crippen MR) is 75.1 cm³/mol. The highest BCUT2D eigenvalue weighted by Gasteiger charge is 2.19. The number of sulfone groups is 1. The van der Waals surface area contributed by atoms with Crippen molar-refractivity contribution in [3.8, 4) is 0 Å². The normalized spacial score (nSPS) is 11.8. The molecule has 0 atom stereocenters. The van der Waals surface area contributed by atoms with Gasteiger partial charge in [0.05, 0.1) is 10.5 Å². The summed E-state index contributed by atoms with van der Waals surface area (Å²) in [4.78, 5) is 15.8. The van der Waals surface area contributed by atoms with Gasteiger partial charge in [-0.3, -0.25) is 0 Å². The Morgan fingerprint density at radius 2 is 2.10 bits per heavy atom. The van der Waals surface area contributed by atoms with Crippen LogP contribution in [0, 0.1) is 6.92 Å². The van der Waals surface area contributed by atoms with E-state index >= 15 is 0 Å². The molecular formula is C13H17NO5S. The number of hydrogen-bond donors (Lipinski definition) is 1. The van der Waals surface area contributed by atoms with Crippen LogP contribution >= 0.6 is 0 Å². The molecule has 6 nitrogen and oxygen atoms in total. The Morgan fingerprint density at radius 3 is 2.60 bits per heavy atom. The first-order valence-corrected chi connectivity index (χ1v) is 7.79. The number of rotatable bonds is 6. The summed E-state index contributed by atoms with van der Waals surface area (Å²) in [7, 11) is -2.00. The van der Waals surface area contributed by atoms with Gasteiger partial charge in [-0.2, -0.15) is 0 Å². The van der Waals surface area contributed by atoms with Gasteiger partial charge in [0.1, 0.15) is 7.11 Å². The quantitative estimate of drug-likeness (QED) is 0.637. The minimum Gasteiger partial charge on any atom is -0.478 e. The molecule has 1 aromatic rings. The van der Waals surface area contributed by atoms with E-state index in [-0.39, 0.29) is 10.5 Å². The smallest absolute Gasteiger partial charge is 0.335 e. The van der Waals surface area contributed by atoms with Crippen LogP contribution in [0.15, 0.2) is 22.2 Å². The maximum absolute atomic E-state index is 11.8. The van der Waals surface area contributed by atoms with Crippen LogP contribution in [0.2, 0.25) is 0 Å². The maximum Gasteiger partial charge on any atom is 0.335 e. The van der Waals surface area contributed by atoms with Crippen molar-refractivity contribution in [1.82, 2.24) is 0 Å². The van der Waals surface area contributed by atoms with Crippen LogP contribution in [0.3, 0.4) is 0 Å². The monoisotopic (exact) mass is 299 g/mol. The molecule has 0 aliphatic carbocycles. The first kappa shape index (κ1) is 16.2. The second-order valence-corrected chi connectivity index (χ2v) is 6.29. The Hall–Kier alpha value is -1.89. The van der Waals surface area contributed by atoms with Crippen molar-refractivity contribution in [2.45, 2.75) is 24.7 Å². The molecule has 1 aromatic carbocycles. The highest BCUT2D eigenvalue weighted by Crippen LogP contribution is 2.24. The van der Waals surface area contributed by atoms with Gasteiger partial charge in [0.25, 0.3) is 0 Å². The van der Waals surface area contributed by atoms with Crippen LogP contribution in [0.1, 0.15) is 27.9 Å². The van der Waals surface area contributed by atoms with E-state index in [0.717, 1.165) is 6.26 Å². The van der Waals surface area contributed by atoms with Gasteiger partial charge < -0.3 is 9.94 Å². The van der Waals surface area contributed by atoms with Crippen molar-refractivity contribution in [3.05, 3.63) is 28.8 Å². The zero-order valence-electron chi connectivity index (χ0n) is 11.6. The van der Waals surface area contributed by atoms with Gasteiger partial charge in [0.2, 0.25) is 0 Å². The standard InChI is InChI=1S/C13H17NO5S/c1-9-10(5-4-8-14-19-2)12(20(3,17)18)7-6-11(9)13(15)16/h6-8H,4-5H2,1-3H3,(H,15,16). The summed E-state index contributed by atoms with van der Waals surface area (Å²) in [5, 5.41) is 12.7. The number of nitrogens with zero attached hydrogens (tertiary/aromatic N) is 1. The summed E-state index contributed by atoms with van der Waals surface area (Å²) in [6.45, 7) is 1.61.